The van der Waals surface area contributed by atoms with E-state index < -0.39 is 5.60 Å². The molecule has 5 nitrogen and oxygen atoms in total. The Balaban J connectivity index is 2.08. The summed E-state index contributed by atoms with van der Waals surface area (Å²) in [6, 6.07) is 10.8. The van der Waals surface area contributed by atoms with Crippen molar-refractivity contribution >= 4 is 34.0 Å². The maximum atomic E-state index is 11.4. The van der Waals surface area contributed by atoms with Crippen molar-refractivity contribution in [3.63, 3.8) is 0 Å². The molecule has 4 rings (SSSR count). The molecule has 0 fully saturated rings. The number of nitrogens with two attached hydrogens (primary N) is 1. The van der Waals surface area contributed by atoms with Crippen molar-refractivity contribution in [3.05, 3.63) is 58.7 Å². The van der Waals surface area contributed by atoms with E-state index in [-0.39, 0.29) is 5.84 Å². The highest BCUT2D eigenvalue weighted by molar-refractivity contribution is 6.30. The SMILES string of the molecule is Cn1ncc2cccc(C3(O)C(N)=Nc4ccc(Cl)cc43)c21. The number of para-hydroxylation sites is 1. The number of aryl methyl sites for hydroxylation is 1. The van der Waals surface area contributed by atoms with Crippen molar-refractivity contribution < 1.29 is 5.11 Å². The van der Waals surface area contributed by atoms with Gasteiger partial charge in [-0.05, 0) is 18.2 Å². The van der Waals surface area contributed by atoms with Crippen LogP contribution in [0.5, 0.6) is 0 Å². The number of amidine groups is 1. The highest BCUT2D eigenvalue weighted by atomic mass is 35.5. The molecule has 110 valence electrons. The third-order valence-corrected chi connectivity index (χ3v) is 4.35. The molecule has 2 aromatic carbocycles. The lowest BCUT2D eigenvalue weighted by atomic mass is 9.85. The Hall–Kier alpha value is -2.37. The zero-order valence-corrected chi connectivity index (χ0v) is 12.5. The van der Waals surface area contributed by atoms with Gasteiger partial charge in [0, 0.05) is 28.6 Å². The average molecular weight is 313 g/mol. The molecular weight excluding hydrogens is 300 g/mol. The van der Waals surface area contributed by atoms with E-state index in [1.165, 1.54) is 0 Å². The van der Waals surface area contributed by atoms with E-state index in [9.17, 15) is 5.11 Å². The third-order valence-electron chi connectivity index (χ3n) is 4.11. The van der Waals surface area contributed by atoms with Crippen LogP contribution in [0.15, 0.2) is 47.6 Å². The lowest BCUT2D eigenvalue weighted by Crippen LogP contribution is -2.40. The zero-order valence-electron chi connectivity index (χ0n) is 11.8. The zero-order chi connectivity index (χ0) is 15.5. The lowest BCUT2D eigenvalue weighted by Gasteiger charge is -2.25. The van der Waals surface area contributed by atoms with Crippen LogP contribution in [0.2, 0.25) is 5.02 Å². The van der Waals surface area contributed by atoms with E-state index in [4.69, 9.17) is 17.3 Å². The largest absolute Gasteiger partial charge is 0.384 e. The Kier molecular flexibility index (Phi) is 2.61. The topological polar surface area (TPSA) is 76.4 Å². The van der Waals surface area contributed by atoms with E-state index in [1.54, 1.807) is 29.1 Å². The first-order chi connectivity index (χ1) is 10.5. The Labute approximate surface area is 131 Å². The van der Waals surface area contributed by atoms with Crippen LogP contribution in [0.3, 0.4) is 0 Å². The molecule has 3 aromatic rings. The molecular formula is C16H13ClN4O. The molecule has 3 N–H and O–H groups in total. The van der Waals surface area contributed by atoms with Crippen molar-refractivity contribution in [2.45, 2.75) is 5.60 Å². The predicted molar refractivity (Wildman–Crippen MR) is 86.4 cm³/mol. The normalized spacial score (nSPS) is 20.2. The molecule has 0 saturated carbocycles. The maximum Gasteiger partial charge on any atom is 0.176 e. The quantitative estimate of drug-likeness (QED) is 0.724. The monoisotopic (exact) mass is 312 g/mol. The van der Waals surface area contributed by atoms with Crippen LogP contribution < -0.4 is 5.73 Å². The summed E-state index contributed by atoms with van der Waals surface area (Å²) in [5.74, 6) is 0.137. The van der Waals surface area contributed by atoms with Crippen molar-refractivity contribution in [2.24, 2.45) is 17.8 Å². The van der Waals surface area contributed by atoms with E-state index in [2.05, 4.69) is 10.1 Å². The first-order valence-corrected chi connectivity index (χ1v) is 7.18. The standard InChI is InChI=1S/C16H13ClN4O/c1-21-14-9(8-19-21)3-2-4-11(14)16(22)12-7-10(17)5-6-13(12)20-15(16)18/h2-8,22H,1H3,(H2,18,20). The fraction of sp³-hybridized carbons (Fsp3) is 0.125. The summed E-state index contributed by atoms with van der Waals surface area (Å²) in [5.41, 5.74) is 7.26. The number of rotatable bonds is 1. The predicted octanol–water partition coefficient (Wildman–Crippen LogP) is 2.46. The highest BCUT2D eigenvalue weighted by Crippen LogP contribution is 2.44. The van der Waals surface area contributed by atoms with Gasteiger partial charge in [0.15, 0.2) is 5.60 Å². The number of hydrogen-bond donors (Lipinski definition) is 2. The van der Waals surface area contributed by atoms with Crippen LogP contribution in [0.25, 0.3) is 10.9 Å². The summed E-state index contributed by atoms with van der Waals surface area (Å²) in [6.07, 6.45) is 1.75. The van der Waals surface area contributed by atoms with Crippen molar-refractivity contribution in [1.29, 1.82) is 0 Å². The Bertz CT molecular complexity index is 946. The van der Waals surface area contributed by atoms with E-state index in [1.807, 2.05) is 25.2 Å². The Morgan fingerprint density at radius 3 is 2.86 bits per heavy atom. The summed E-state index contributed by atoms with van der Waals surface area (Å²) < 4.78 is 1.72. The first-order valence-electron chi connectivity index (χ1n) is 6.80. The van der Waals surface area contributed by atoms with Crippen molar-refractivity contribution in [3.8, 4) is 0 Å². The average Bonchev–Trinajstić information content (AvgIpc) is 3.00. The van der Waals surface area contributed by atoms with Gasteiger partial charge in [-0.1, -0.05) is 29.8 Å². The molecule has 2 heterocycles. The van der Waals surface area contributed by atoms with Crippen LogP contribution in [-0.4, -0.2) is 20.7 Å². The molecule has 1 aromatic heterocycles. The smallest absolute Gasteiger partial charge is 0.176 e. The van der Waals surface area contributed by atoms with Gasteiger partial charge in [0.2, 0.25) is 0 Å². The number of aliphatic imine (C=N–C) groups is 1. The fourth-order valence-electron chi connectivity index (χ4n) is 3.05. The van der Waals surface area contributed by atoms with Crippen LogP contribution in [0, 0.1) is 0 Å². The molecule has 1 atom stereocenters. The second-order valence-electron chi connectivity index (χ2n) is 5.38. The Morgan fingerprint density at radius 2 is 2.05 bits per heavy atom. The van der Waals surface area contributed by atoms with Gasteiger partial charge in [0.25, 0.3) is 0 Å². The molecule has 1 aliphatic heterocycles. The second kappa shape index (κ2) is 4.32. The molecule has 0 aliphatic carbocycles. The number of aromatic nitrogens is 2. The number of fused-ring (bicyclic) bond motifs is 2. The van der Waals surface area contributed by atoms with E-state index in [0.717, 1.165) is 10.9 Å². The van der Waals surface area contributed by atoms with Crippen molar-refractivity contribution in [1.82, 2.24) is 9.78 Å². The minimum absolute atomic E-state index is 0.137. The minimum Gasteiger partial charge on any atom is -0.384 e. The van der Waals surface area contributed by atoms with Gasteiger partial charge < -0.3 is 10.8 Å². The van der Waals surface area contributed by atoms with Gasteiger partial charge in [0.05, 0.1) is 17.4 Å². The van der Waals surface area contributed by atoms with Crippen LogP contribution in [0.1, 0.15) is 11.1 Å². The van der Waals surface area contributed by atoms with Crippen LogP contribution >= 0.6 is 11.6 Å². The van der Waals surface area contributed by atoms with Gasteiger partial charge in [0.1, 0.15) is 5.84 Å². The van der Waals surface area contributed by atoms with E-state index in [0.29, 0.717) is 21.8 Å². The number of aliphatic hydroxyl groups is 1. The van der Waals surface area contributed by atoms with Crippen LogP contribution in [-0.2, 0) is 12.6 Å². The summed E-state index contributed by atoms with van der Waals surface area (Å²) >= 11 is 6.09. The summed E-state index contributed by atoms with van der Waals surface area (Å²) in [4.78, 5) is 4.30. The molecule has 1 aliphatic rings. The molecule has 0 spiro atoms. The fourth-order valence-corrected chi connectivity index (χ4v) is 3.22. The van der Waals surface area contributed by atoms with Gasteiger partial charge in [-0.2, -0.15) is 5.10 Å². The Morgan fingerprint density at radius 1 is 1.23 bits per heavy atom. The molecule has 6 heteroatoms. The molecule has 1 unspecified atom stereocenters. The molecule has 0 radical (unpaired) electrons. The van der Waals surface area contributed by atoms with Gasteiger partial charge >= 0.3 is 0 Å². The molecule has 0 saturated heterocycles. The second-order valence-corrected chi connectivity index (χ2v) is 5.82. The minimum atomic E-state index is -1.51. The number of halogens is 1. The first kappa shape index (κ1) is 13.3. The van der Waals surface area contributed by atoms with E-state index >= 15 is 0 Å². The maximum absolute atomic E-state index is 11.4. The summed E-state index contributed by atoms with van der Waals surface area (Å²) in [6.45, 7) is 0. The van der Waals surface area contributed by atoms with Crippen LogP contribution in [0.4, 0.5) is 5.69 Å². The number of nitrogens with zero attached hydrogens (tertiary/aromatic N) is 3. The highest BCUT2D eigenvalue weighted by Gasteiger charge is 2.44. The third kappa shape index (κ3) is 1.58. The lowest BCUT2D eigenvalue weighted by molar-refractivity contribution is 0.160. The van der Waals surface area contributed by atoms with Crippen molar-refractivity contribution in [2.75, 3.05) is 0 Å². The molecule has 0 amide bonds. The molecule has 22 heavy (non-hydrogen) atoms. The van der Waals surface area contributed by atoms with Gasteiger partial charge in [-0.25, -0.2) is 4.99 Å². The number of hydrogen-bond acceptors (Lipinski definition) is 4. The number of benzene rings is 2. The summed E-state index contributed by atoms with van der Waals surface area (Å²) in [5, 5.41) is 17.1. The van der Waals surface area contributed by atoms with Gasteiger partial charge in [-0.3, -0.25) is 4.68 Å². The summed E-state index contributed by atoms with van der Waals surface area (Å²) in [7, 11) is 1.83. The van der Waals surface area contributed by atoms with Gasteiger partial charge in [-0.15, -0.1) is 0 Å². The molecule has 0 bridgehead atoms.